The van der Waals surface area contributed by atoms with Gasteiger partial charge in [0.15, 0.2) is 11.9 Å². The first-order valence-corrected chi connectivity index (χ1v) is 5.86. The number of carbonyl (C=O) groups is 1. The summed E-state index contributed by atoms with van der Waals surface area (Å²) in [5, 5.41) is 6.97. The molecule has 0 saturated heterocycles. The molecule has 0 fully saturated rings. The minimum Gasteiger partial charge on any atom is -0.494 e. The molecule has 1 N–H and O–H groups in total. The molecule has 3 rings (SSSR count). The fourth-order valence-electron chi connectivity index (χ4n) is 2.14. The van der Waals surface area contributed by atoms with Crippen LogP contribution >= 0.6 is 0 Å². The van der Waals surface area contributed by atoms with Gasteiger partial charge in [-0.3, -0.25) is 4.79 Å². The van der Waals surface area contributed by atoms with Gasteiger partial charge in [-0.2, -0.15) is 5.10 Å². The van der Waals surface area contributed by atoms with Crippen molar-refractivity contribution in [2.24, 2.45) is 0 Å². The Kier molecular flexibility index (Phi) is 2.56. The number of aldehydes is 1. The molecular formula is C13H11N3O3. The summed E-state index contributed by atoms with van der Waals surface area (Å²) in [6.07, 6.45) is 0.683. The van der Waals surface area contributed by atoms with Crippen molar-refractivity contribution in [1.29, 1.82) is 0 Å². The lowest BCUT2D eigenvalue weighted by atomic mass is 10.1. The summed E-state index contributed by atoms with van der Waals surface area (Å²) in [6.45, 7) is 2.45. The second-order valence-corrected chi connectivity index (χ2v) is 4.06. The van der Waals surface area contributed by atoms with Gasteiger partial charge in [-0.1, -0.05) is 0 Å². The number of nitrogens with one attached hydrogen (secondary N) is 1. The SMILES string of the molecule is CCOc1ccc2c(c1)cc(C=O)c1n[nH]c(=O)n12. The van der Waals surface area contributed by atoms with Gasteiger partial charge >= 0.3 is 5.69 Å². The summed E-state index contributed by atoms with van der Waals surface area (Å²) in [5.74, 6) is 0.697. The number of ether oxygens (including phenoxy) is 1. The number of aromatic amines is 1. The molecular weight excluding hydrogens is 246 g/mol. The van der Waals surface area contributed by atoms with E-state index in [-0.39, 0.29) is 5.69 Å². The Morgan fingerprint density at radius 1 is 1.42 bits per heavy atom. The summed E-state index contributed by atoms with van der Waals surface area (Å²) < 4.78 is 6.80. The van der Waals surface area contributed by atoms with Crippen molar-refractivity contribution >= 4 is 22.8 Å². The van der Waals surface area contributed by atoms with Crippen LogP contribution in [-0.4, -0.2) is 27.5 Å². The predicted octanol–water partition coefficient (Wildman–Crippen LogP) is 1.39. The van der Waals surface area contributed by atoms with Crippen LogP contribution < -0.4 is 10.4 Å². The van der Waals surface area contributed by atoms with Gasteiger partial charge in [0.2, 0.25) is 0 Å². The number of pyridine rings is 1. The number of hydrogen-bond donors (Lipinski definition) is 1. The van der Waals surface area contributed by atoms with Crippen LogP contribution in [0.4, 0.5) is 0 Å². The fraction of sp³-hybridized carbons (Fsp3) is 0.154. The first kappa shape index (κ1) is 11.5. The van der Waals surface area contributed by atoms with E-state index in [1.165, 1.54) is 4.40 Å². The monoisotopic (exact) mass is 257 g/mol. The van der Waals surface area contributed by atoms with Gasteiger partial charge in [-0.05, 0) is 31.2 Å². The van der Waals surface area contributed by atoms with Crippen LogP contribution in [0, 0.1) is 0 Å². The summed E-state index contributed by atoms with van der Waals surface area (Å²) in [4.78, 5) is 22.9. The van der Waals surface area contributed by atoms with Gasteiger partial charge in [0.05, 0.1) is 17.7 Å². The maximum absolute atomic E-state index is 11.8. The van der Waals surface area contributed by atoms with E-state index < -0.39 is 0 Å². The molecule has 0 spiro atoms. The third kappa shape index (κ3) is 1.69. The van der Waals surface area contributed by atoms with E-state index in [0.29, 0.717) is 35.4 Å². The topological polar surface area (TPSA) is 76.5 Å². The van der Waals surface area contributed by atoms with Gasteiger partial charge < -0.3 is 4.74 Å². The van der Waals surface area contributed by atoms with Crippen molar-refractivity contribution in [3.63, 3.8) is 0 Å². The molecule has 0 aliphatic rings. The Morgan fingerprint density at radius 2 is 2.26 bits per heavy atom. The highest BCUT2D eigenvalue weighted by atomic mass is 16.5. The number of H-pyrrole nitrogens is 1. The second kappa shape index (κ2) is 4.24. The highest BCUT2D eigenvalue weighted by Crippen LogP contribution is 2.22. The van der Waals surface area contributed by atoms with Gasteiger partial charge in [-0.25, -0.2) is 14.3 Å². The zero-order valence-electron chi connectivity index (χ0n) is 10.2. The number of fused-ring (bicyclic) bond motifs is 3. The first-order chi connectivity index (χ1) is 9.24. The number of nitrogens with zero attached hydrogens (tertiary/aromatic N) is 2. The fourth-order valence-corrected chi connectivity index (χ4v) is 2.14. The molecule has 1 aromatic carbocycles. The Balaban J connectivity index is 2.43. The summed E-state index contributed by atoms with van der Waals surface area (Å²) in [6, 6.07) is 7.05. The predicted molar refractivity (Wildman–Crippen MR) is 69.9 cm³/mol. The molecule has 0 bridgehead atoms. The minimum atomic E-state index is -0.368. The normalized spacial score (nSPS) is 11.0. The number of carbonyl (C=O) groups excluding carboxylic acids is 1. The van der Waals surface area contributed by atoms with Crippen molar-refractivity contribution in [2.45, 2.75) is 6.92 Å². The molecule has 6 nitrogen and oxygen atoms in total. The standard InChI is InChI=1S/C13H11N3O3/c1-2-19-10-3-4-11-8(6-10)5-9(7-17)12-14-15-13(18)16(11)12/h3-7H,2H2,1H3,(H,15,18). The number of hydrogen-bond acceptors (Lipinski definition) is 4. The maximum Gasteiger partial charge on any atom is 0.348 e. The lowest BCUT2D eigenvalue weighted by molar-refractivity contribution is 0.112. The molecule has 0 atom stereocenters. The molecule has 19 heavy (non-hydrogen) atoms. The Labute approximate surface area is 107 Å². The summed E-state index contributed by atoms with van der Waals surface area (Å²) in [7, 11) is 0. The lowest BCUT2D eigenvalue weighted by Gasteiger charge is -2.06. The quantitative estimate of drug-likeness (QED) is 0.719. The van der Waals surface area contributed by atoms with Crippen LogP contribution in [0.2, 0.25) is 0 Å². The highest BCUT2D eigenvalue weighted by Gasteiger charge is 2.11. The van der Waals surface area contributed by atoms with Gasteiger partial charge in [0.25, 0.3) is 0 Å². The average Bonchev–Trinajstić information content (AvgIpc) is 2.81. The third-order valence-electron chi connectivity index (χ3n) is 2.92. The molecule has 0 amide bonds. The zero-order chi connectivity index (χ0) is 13.4. The molecule has 0 aliphatic heterocycles. The van der Waals surface area contributed by atoms with Crippen LogP contribution in [-0.2, 0) is 0 Å². The molecule has 0 saturated carbocycles. The smallest absolute Gasteiger partial charge is 0.348 e. The molecule has 3 aromatic rings. The van der Waals surface area contributed by atoms with Crippen molar-refractivity contribution < 1.29 is 9.53 Å². The van der Waals surface area contributed by atoms with E-state index in [0.717, 1.165) is 5.39 Å². The average molecular weight is 257 g/mol. The second-order valence-electron chi connectivity index (χ2n) is 4.06. The molecule has 0 unspecified atom stereocenters. The van der Waals surface area contributed by atoms with Crippen LogP contribution in [0.1, 0.15) is 17.3 Å². The molecule has 0 radical (unpaired) electrons. The molecule has 96 valence electrons. The summed E-state index contributed by atoms with van der Waals surface area (Å²) in [5.41, 5.74) is 1.01. The van der Waals surface area contributed by atoms with Crippen LogP contribution in [0.3, 0.4) is 0 Å². The van der Waals surface area contributed by atoms with Gasteiger partial charge in [-0.15, -0.1) is 0 Å². The van der Waals surface area contributed by atoms with E-state index >= 15 is 0 Å². The highest BCUT2D eigenvalue weighted by molar-refractivity contribution is 5.93. The van der Waals surface area contributed by atoms with Crippen molar-refractivity contribution in [3.05, 3.63) is 40.3 Å². The van der Waals surface area contributed by atoms with Gasteiger partial charge in [0.1, 0.15) is 5.75 Å². The maximum atomic E-state index is 11.8. The molecule has 6 heteroatoms. The van der Waals surface area contributed by atoms with Gasteiger partial charge in [0, 0.05) is 5.39 Å². The number of aromatic nitrogens is 3. The number of benzene rings is 1. The third-order valence-corrected chi connectivity index (χ3v) is 2.92. The van der Waals surface area contributed by atoms with Crippen molar-refractivity contribution in [3.8, 4) is 5.75 Å². The van der Waals surface area contributed by atoms with Crippen molar-refractivity contribution in [2.75, 3.05) is 6.61 Å². The Hall–Kier alpha value is -2.63. The van der Waals surface area contributed by atoms with E-state index in [2.05, 4.69) is 10.2 Å². The Morgan fingerprint density at radius 3 is 3.00 bits per heavy atom. The van der Waals surface area contributed by atoms with E-state index in [9.17, 15) is 9.59 Å². The first-order valence-electron chi connectivity index (χ1n) is 5.86. The van der Waals surface area contributed by atoms with E-state index in [1.54, 1.807) is 24.3 Å². The van der Waals surface area contributed by atoms with Crippen molar-refractivity contribution in [1.82, 2.24) is 14.6 Å². The van der Waals surface area contributed by atoms with Crippen LogP contribution in [0.25, 0.3) is 16.6 Å². The van der Waals surface area contributed by atoms with Crippen LogP contribution in [0.5, 0.6) is 5.75 Å². The van der Waals surface area contributed by atoms with Crippen LogP contribution in [0.15, 0.2) is 29.1 Å². The zero-order valence-corrected chi connectivity index (χ0v) is 10.2. The largest absolute Gasteiger partial charge is 0.494 e. The lowest BCUT2D eigenvalue weighted by Crippen LogP contribution is -2.10. The number of rotatable bonds is 3. The molecule has 2 heterocycles. The molecule has 0 aliphatic carbocycles. The van der Waals surface area contributed by atoms with E-state index in [4.69, 9.17) is 4.74 Å². The Bertz CT molecular complexity index is 832. The minimum absolute atomic E-state index is 0.330. The van der Waals surface area contributed by atoms with E-state index in [1.807, 2.05) is 6.92 Å². The summed E-state index contributed by atoms with van der Waals surface area (Å²) >= 11 is 0. The molecule has 2 aromatic heterocycles.